The third kappa shape index (κ3) is 3.32. The molecule has 1 aromatic carbocycles. The summed E-state index contributed by atoms with van der Waals surface area (Å²) in [5.74, 6) is 0.822. The van der Waals surface area contributed by atoms with Crippen LogP contribution in [0.5, 0.6) is 5.75 Å². The zero-order chi connectivity index (χ0) is 18.1. The first-order chi connectivity index (χ1) is 12.7. The minimum Gasteiger partial charge on any atom is -0.494 e. The van der Waals surface area contributed by atoms with Crippen LogP contribution in [0.4, 0.5) is 9.93 Å². The molecule has 26 heavy (non-hydrogen) atoms. The minimum atomic E-state index is 0.0957. The number of aromatic nitrogens is 1. The summed E-state index contributed by atoms with van der Waals surface area (Å²) < 4.78 is 6.64. The summed E-state index contributed by atoms with van der Waals surface area (Å²) in [6.07, 6.45) is 4.72. The summed E-state index contributed by atoms with van der Waals surface area (Å²) >= 11 is 1.71. The van der Waals surface area contributed by atoms with E-state index in [2.05, 4.69) is 23.2 Å². The second kappa shape index (κ2) is 7.31. The van der Waals surface area contributed by atoms with Crippen molar-refractivity contribution in [2.75, 3.05) is 38.2 Å². The smallest absolute Gasteiger partial charge is 0.317 e. The van der Waals surface area contributed by atoms with Gasteiger partial charge in [-0.1, -0.05) is 30.2 Å². The summed E-state index contributed by atoms with van der Waals surface area (Å²) in [6, 6.07) is 4.53. The van der Waals surface area contributed by atoms with Crippen LogP contribution in [0.2, 0.25) is 0 Å². The molecular weight excluding hydrogens is 348 g/mol. The van der Waals surface area contributed by atoms with Crippen LogP contribution in [0.3, 0.4) is 0 Å². The van der Waals surface area contributed by atoms with Gasteiger partial charge in [0.15, 0.2) is 5.13 Å². The van der Waals surface area contributed by atoms with E-state index in [9.17, 15) is 4.79 Å². The molecular formula is C19H26N4O2S. The number of benzene rings is 1. The number of carbonyl (C=O) groups is 1. The summed E-state index contributed by atoms with van der Waals surface area (Å²) in [5, 5.41) is 4.20. The predicted molar refractivity (Wildman–Crippen MR) is 105 cm³/mol. The third-order valence-electron chi connectivity index (χ3n) is 5.43. The maximum Gasteiger partial charge on any atom is 0.317 e. The van der Waals surface area contributed by atoms with Crippen LogP contribution >= 0.6 is 11.3 Å². The van der Waals surface area contributed by atoms with E-state index >= 15 is 0 Å². The van der Waals surface area contributed by atoms with Crippen LogP contribution in [0.25, 0.3) is 10.2 Å². The number of ether oxygens (including phenoxy) is 1. The molecule has 6 nitrogen and oxygen atoms in total. The highest BCUT2D eigenvalue weighted by atomic mass is 32.1. The Morgan fingerprint density at radius 2 is 1.96 bits per heavy atom. The molecule has 1 saturated carbocycles. The quantitative estimate of drug-likeness (QED) is 0.895. The molecule has 0 unspecified atom stereocenters. The fourth-order valence-corrected chi connectivity index (χ4v) is 4.94. The Balaban J connectivity index is 1.42. The largest absolute Gasteiger partial charge is 0.494 e. The number of urea groups is 1. The molecule has 2 heterocycles. The first-order valence-electron chi connectivity index (χ1n) is 9.40. The number of piperazine rings is 1. The molecule has 0 spiro atoms. The van der Waals surface area contributed by atoms with Gasteiger partial charge in [-0.2, -0.15) is 0 Å². The van der Waals surface area contributed by atoms with Crippen molar-refractivity contribution in [1.29, 1.82) is 0 Å². The Bertz CT molecular complexity index is 792. The number of hydrogen-bond donors (Lipinski definition) is 1. The zero-order valence-electron chi connectivity index (χ0n) is 15.5. The summed E-state index contributed by atoms with van der Waals surface area (Å²) in [5.41, 5.74) is 2.16. The molecule has 0 atom stereocenters. The van der Waals surface area contributed by atoms with Crippen molar-refractivity contribution in [2.24, 2.45) is 0 Å². The maximum atomic E-state index is 12.4. The highest BCUT2D eigenvalue weighted by Crippen LogP contribution is 2.36. The van der Waals surface area contributed by atoms with Gasteiger partial charge in [-0.3, -0.25) is 0 Å². The van der Waals surface area contributed by atoms with E-state index < -0.39 is 0 Å². The molecule has 1 aliphatic carbocycles. The molecule has 2 aromatic rings. The fourth-order valence-electron chi connectivity index (χ4n) is 3.84. The molecule has 7 heteroatoms. The number of fused-ring (bicyclic) bond motifs is 1. The summed E-state index contributed by atoms with van der Waals surface area (Å²) in [6.45, 7) is 5.22. The normalized spacial score (nSPS) is 18.5. The lowest BCUT2D eigenvalue weighted by Gasteiger charge is -2.35. The number of nitrogens with one attached hydrogen (secondary N) is 1. The molecule has 0 bridgehead atoms. The summed E-state index contributed by atoms with van der Waals surface area (Å²) in [4.78, 5) is 21.5. The van der Waals surface area contributed by atoms with Gasteiger partial charge >= 0.3 is 6.03 Å². The number of thiazole rings is 1. The fraction of sp³-hybridized carbons (Fsp3) is 0.579. The van der Waals surface area contributed by atoms with Gasteiger partial charge < -0.3 is 19.9 Å². The van der Waals surface area contributed by atoms with Crippen LogP contribution in [0, 0.1) is 6.92 Å². The number of rotatable bonds is 3. The van der Waals surface area contributed by atoms with Crippen molar-refractivity contribution in [1.82, 2.24) is 15.2 Å². The van der Waals surface area contributed by atoms with E-state index in [1.807, 2.05) is 11.0 Å². The first kappa shape index (κ1) is 17.4. The molecule has 4 rings (SSSR count). The van der Waals surface area contributed by atoms with Crippen molar-refractivity contribution < 1.29 is 9.53 Å². The number of nitrogens with zero attached hydrogens (tertiary/aromatic N) is 3. The standard InChI is InChI=1S/C19H26N4O2S/c1-13-7-8-15(25-2)16-17(13)26-19(21-16)23-11-9-22(10-12-23)18(24)20-14-5-3-4-6-14/h7-8,14H,3-6,9-12H2,1-2H3,(H,20,24). The second-order valence-electron chi connectivity index (χ2n) is 7.16. The average molecular weight is 375 g/mol. The Morgan fingerprint density at radius 1 is 1.23 bits per heavy atom. The van der Waals surface area contributed by atoms with E-state index in [1.54, 1.807) is 18.4 Å². The van der Waals surface area contributed by atoms with Crippen LogP contribution < -0.4 is 15.0 Å². The van der Waals surface area contributed by atoms with Gasteiger partial charge in [0, 0.05) is 32.2 Å². The van der Waals surface area contributed by atoms with Gasteiger partial charge in [-0.05, 0) is 31.4 Å². The van der Waals surface area contributed by atoms with Crippen molar-refractivity contribution in [2.45, 2.75) is 38.6 Å². The Kier molecular flexibility index (Phi) is 4.89. The SMILES string of the molecule is COc1ccc(C)c2sc(N3CCN(C(=O)NC4CCCC4)CC3)nc12. The number of aryl methyl sites for hydroxylation is 1. The molecule has 1 saturated heterocycles. The Hall–Kier alpha value is -2.02. The van der Waals surface area contributed by atoms with Gasteiger partial charge in [-0.25, -0.2) is 9.78 Å². The average Bonchev–Trinajstić information content (AvgIpc) is 3.32. The number of hydrogen-bond acceptors (Lipinski definition) is 5. The lowest BCUT2D eigenvalue weighted by atomic mass is 10.2. The lowest BCUT2D eigenvalue weighted by Crippen LogP contribution is -2.53. The van der Waals surface area contributed by atoms with Gasteiger partial charge in [0.05, 0.1) is 11.8 Å². The molecule has 2 aliphatic rings. The second-order valence-corrected chi connectivity index (χ2v) is 8.14. The molecule has 2 amide bonds. The highest BCUT2D eigenvalue weighted by Gasteiger charge is 2.26. The zero-order valence-corrected chi connectivity index (χ0v) is 16.3. The molecule has 1 aromatic heterocycles. The monoisotopic (exact) mass is 374 g/mol. The number of carbonyl (C=O) groups excluding carboxylic acids is 1. The van der Waals surface area contributed by atoms with Gasteiger partial charge in [0.2, 0.25) is 0 Å². The van der Waals surface area contributed by atoms with E-state index in [0.29, 0.717) is 6.04 Å². The Labute approximate surface area is 158 Å². The van der Waals surface area contributed by atoms with Crippen molar-refractivity contribution >= 4 is 32.7 Å². The first-order valence-corrected chi connectivity index (χ1v) is 10.2. The van der Waals surface area contributed by atoms with Crippen molar-refractivity contribution in [3.8, 4) is 5.75 Å². The van der Waals surface area contributed by atoms with E-state index in [0.717, 1.165) is 55.4 Å². The van der Waals surface area contributed by atoms with Gasteiger partial charge in [0.25, 0.3) is 0 Å². The van der Waals surface area contributed by atoms with Crippen LogP contribution in [-0.2, 0) is 0 Å². The number of amides is 2. The van der Waals surface area contributed by atoms with Gasteiger partial charge in [0.1, 0.15) is 11.3 Å². The molecule has 1 aliphatic heterocycles. The molecule has 140 valence electrons. The minimum absolute atomic E-state index is 0.0957. The third-order valence-corrected chi connectivity index (χ3v) is 6.68. The van der Waals surface area contributed by atoms with E-state index in [-0.39, 0.29) is 6.03 Å². The van der Waals surface area contributed by atoms with Crippen molar-refractivity contribution in [3.63, 3.8) is 0 Å². The summed E-state index contributed by atoms with van der Waals surface area (Å²) in [7, 11) is 1.69. The molecule has 2 fully saturated rings. The van der Waals surface area contributed by atoms with E-state index in [4.69, 9.17) is 9.72 Å². The lowest BCUT2D eigenvalue weighted by molar-refractivity contribution is 0.190. The van der Waals surface area contributed by atoms with Crippen LogP contribution in [0.15, 0.2) is 12.1 Å². The highest BCUT2D eigenvalue weighted by molar-refractivity contribution is 7.22. The van der Waals surface area contributed by atoms with E-state index in [1.165, 1.54) is 23.1 Å². The molecule has 0 radical (unpaired) electrons. The van der Waals surface area contributed by atoms with Crippen LogP contribution in [0.1, 0.15) is 31.2 Å². The van der Waals surface area contributed by atoms with Crippen molar-refractivity contribution in [3.05, 3.63) is 17.7 Å². The maximum absolute atomic E-state index is 12.4. The molecule has 1 N–H and O–H groups in total. The van der Waals surface area contributed by atoms with Gasteiger partial charge in [-0.15, -0.1) is 0 Å². The number of anilines is 1. The topological polar surface area (TPSA) is 57.7 Å². The number of methoxy groups -OCH3 is 1. The predicted octanol–water partition coefficient (Wildman–Crippen LogP) is 3.39. The van der Waals surface area contributed by atoms with Crippen LogP contribution in [-0.4, -0.2) is 55.2 Å². The Morgan fingerprint density at radius 3 is 2.65 bits per heavy atom.